The number of aromatic nitrogens is 2. The highest BCUT2D eigenvalue weighted by Gasteiger charge is 2.38. The number of rotatable bonds is 5. The number of benzene rings is 1. The molecule has 0 saturated carbocycles. The van der Waals surface area contributed by atoms with E-state index in [4.69, 9.17) is 19.4 Å². The van der Waals surface area contributed by atoms with Gasteiger partial charge >= 0.3 is 5.97 Å². The fourth-order valence-corrected chi connectivity index (χ4v) is 3.93. The standard InChI is InChI=1S/C20H24N4O4.CH2O2/c1-2-27-20(26)18-17(21-12-22-18)19(25)23-14-8-15-11-28-16(10-24(15)9-14)13-6-4-3-5-7-13;2-1-3/h3-7,12,14-16H,2,8-11H2,1H3,(H,21,22)(H,23,25);1H,(H,2,3)/t14-,15-,16+;/m0./s1. The molecule has 1 aromatic carbocycles. The quantitative estimate of drug-likeness (QED) is 0.476. The number of carbonyl (C=O) groups is 3. The first-order valence-corrected chi connectivity index (χ1v) is 10.1. The van der Waals surface area contributed by atoms with E-state index in [2.05, 4.69) is 32.3 Å². The molecule has 31 heavy (non-hydrogen) atoms. The summed E-state index contributed by atoms with van der Waals surface area (Å²) >= 11 is 0. The van der Waals surface area contributed by atoms with Crippen LogP contribution in [-0.2, 0) is 14.3 Å². The summed E-state index contributed by atoms with van der Waals surface area (Å²) in [5.41, 5.74) is 1.33. The molecular weight excluding hydrogens is 404 g/mol. The Bertz CT molecular complexity index is 887. The number of nitrogens with one attached hydrogen (secondary N) is 2. The number of carbonyl (C=O) groups excluding carboxylic acids is 2. The zero-order valence-corrected chi connectivity index (χ0v) is 17.2. The average Bonchev–Trinajstić information content (AvgIpc) is 3.41. The number of carboxylic acid groups (broad SMARTS) is 1. The minimum absolute atomic E-state index is 0.0117. The predicted molar refractivity (Wildman–Crippen MR) is 110 cm³/mol. The molecule has 2 aromatic rings. The van der Waals surface area contributed by atoms with Gasteiger partial charge in [-0.05, 0) is 18.9 Å². The van der Waals surface area contributed by atoms with Crippen LogP contribution in [0.2, 0.25) is 0 Å². The monoisotopic (exact) mass is 430 g/mol. The molecule has 0 radical (unpaired) electrons. The van der Waals surface area contributed by atoms with Crippen LogP contribution in [-0.4, -0.2) is 76.7 Å². The lowest BCUT2D eigenvalue weighted by molar-refractivity contribution is -0.122. The van der Waals surface area contributed by atoms with Crippen molar-refractivity contribution in [3.63, 3.8) is 0 Å². The van der Waals surface area contributed by atoms with Crippen molar-refractivity contribution in [1.29, 1.82) is 0 Å². The van der Waals surface area contributed by atoms with Crippen LogP contribution in [0.5, 0.6) is 0 Å². The van der Waals surface area contributed by atoms with Crippen molar-refractivity contribution < 1.29 is 29.0 Å². The van der Waals surface area contributed by atoms with E-state index in [1.54, 1.807) is 6.92 Å². The maximum atomic E-state index is 12.6. The molecule has 2 saturated heterocycles. The molecule has 0 bridgehead atoms. The van der Waals surface area contributed by atoms with E-state index in [0.717, 1.165) is 19.5 Å². The second-order valence-electron chi connectivity index (χ2n) is 7.20. The van der Waals surface area contributed by atoms with Gasteiger partial charge < -0.3 is 24.9 Å². The molecule has 3 atom stereocenters. The summed E-state index contributed by atoms with van der Waals surface area (Å²) in [7, 11) is 0. The molecule has 1 amide bonds. The van der Waals surface area contributed by atoms with Crippen molar-refractivity contribution in [2.75, 3.05) is 26.3 Å². The first-order chi connectivity index (χ1) is 15.1. The number of ether oxygens (including phenoxy) is 2. The van der Waals surface area contributed by atoms with Gasteiger partial charge in [0.15, 0.2) is 11.4 Å². The fourth-order valence-electron chi connectivity index (χ4n) is 3.93. The fraction of sp³-hybridized carbons (Fsp3) is 0.429. The van der Waals surface area contributed by atoms with Gasteiger partial charge in [0, 0.05) is 25.2 Å². The largest absolute Gasteiger partial charge is 0.483 e. The van der Waals surface area contributed by atoms with E-state index in [1.807, 2.05) is 18.2 Å². The minimum Gasteiger partial charge on any atom is -0.483 e. The molecule has 0 unspecified atom stereocenters. The van der Waals surface area contributed by atoms with Crippen molar-refractivity contribution >= 4 is 18.3 Å². The van der Waals surface area contributed by atoms with Gasteiger partial charge in [-0.3, -0.25) is 14.5 Å². The number of esters is 1. The summed E-state index contributed by atoms with van der Waals surface area (Å²) in [4.78, 5) is 42.0. The minimum atomic E-state index is -0.576. The predicted octanol–water partition coefficient (Wildman–Crippen LogP) is 1.23. The second-order valence-corrected chi connectivity index (χ2v) is 7.20. The Kier molecular flexibility index (Phi) is 7.74. The number of H-pyrrole nitrogens is 1. The Hall–Kier alpha value is -3.24. The highest BCUT2D eigenvalue weighted by atomic mass is 16.5. The Morgan fingerprint density at radius 1 is 1.35 bits per heavy atom. The number of hydrogen-bond donors (Lipinski definition) is 3. The van der Waals surface area contributed by atoms with Gasteiger partial charge in [-0.1, -0.05) is 30.3 Å². The molecule has 3 N–H and O–H groups in total. The Morgan fingerprint density at radius 3 is 2.81 bits per heavy atom. The van der Waals surface area contributed by atoms with Gasteiger partial charge in [0.2, 0.25) is 0 Å². The number of aromatic amines is 1. The number of hydrogen-bond acceptors (Lipinski definition) is 7. The Balaban J connectivity index is 0.000000858. The van der Waals surface area contributed by atoms with Crippen LogP contribution in [0.25, 0.3) is 0 Å². The number of imidazole rings is 1. The van der Waals surface area contributed by atoms with Crippen LogP contribution in [0, 0.1) is 0 Å². The number of fused-ring (bicyclic) bond motifs is 1. The van der Waals surface area contributed by atoms with E-state index in [9.17, 15) is 9.59 Å². The van der Waals surface area contributed by atoms with E-state index in [0.29, 0.717) is 6.61 Å². The van der Waals surface area contributed by atoms with Gasteiger partial charge in [-0.2, -0.15) is 0 Å². The van der Waals surface area contributed by atoms with E-state index < -0.39 is 5.97 Å². The number of morpholine rings is 1. The number of amides is 1. The molecule has 2 aliphatic heterocycles. The molecule has 2 fully saturated rings. The SMILES string of the molecule is CCOC(=O)c1[nH]cnc1C(=O)N[C@H]1C[C@H]2CO[C@@H](c3ccccc3)CN2C1.O=CO. The summed E-state index contributed by atoms with van der Waals surface area (Å²) in [5.74, 6) is -0.942. The third kappa shape index (κ3) is 5.47. The zero-order valence-electron chi connectivity index (χ0n) is 17.2. The van der Waals surface area contributed by atoms with Gasteiger partial charge in [0.05, 0.1) is 25.6 Å². The summed E-state index contributed by atoms with van der Waals surface area (Å²) in [6.45, 7) is 3.90. The van der Waals surface area contributed by atoms with Gasteiger partial charge in [0.1, 0.15) is 0 Å². The van der Waals surface area contributed by atoms with Crippen LogP contribution in [0.4, 0.5) is 0 Å². The molecule has 0 spiro atoms. The average molecular weight is 430 g/mol. The smallest absolute Gasteiger partial charge is 0.357 e. The van der Waals surface area contributed by atoms with Gasteiger partial charge in [0.25, 0.3) is 12.4 Å². The van der Waals surface area contributed by atoms with Crippen LogP contribution in [0.1, 0.15) is 46.0 Å². The van der Waals surface area contributed by atoms with E-state index >= 15 is 0 Å². The molecular formula is C21H26N4O6. The van der Waals surface area contributed by atoms with E-state index in [-0.39, 0.29) is 48.6 Å². The molecule has 4 rings (SSSR count). The second kappa shape index (κ2) is 10.7. The van der Waals surface area contributed by atoms with Gasteiger partial charge in [-0.25, -0.2) is 9.78 Å². The molecule has 2 aliphatic rings. The maximum absolute atomic E-state index is 12.6. The van der Waals surface area contributed by atoms with Crippen LogP contribution in [0.15, 0.2) is 36.7 Å². The molecule has 10 heteroatoms. The highest BCUT2D eigenvalue weighted by molar-refractivity contribution is 6.02. The topological polar surface area (TPSA) is 134 Å². The van der Waals surface area contributed by atoms with E-state index in [1.165, 1.54) is 11.9 Å². The lowest BCUT2D eigenvalue weighted by atomic mass is 10.1. The lowest BCUT2D eigenvalue weighted by Crippen LogP contribution is -2.43. The maximum Gasteiger partial charge on any atom is 0.357 e. The Morgan fingerprint density at radius 2 is 2.10 bits per heavy atom. The first-order valence-electron chi connectivity index (χ1n) is 10.1. The summed E-state index contributed by atoms with van der Waals surface area (Å²) in [6, 6.07) is 10.5. The van der Waals surface area contributed by atoms with Crippen molar-refractivity contribution in [2.45, 2.75) is 31.5 Å². The van der Waals surface area contributed by atoms with Crippen LogP contribution in [0.3, 0.4) is 0 Å². The molecule has 1 aromatic heterocycles. The van der Waals surface area contributed by atoms with Gasteiger partial charge in [-0.15, -0.1) is 0 Å². The first kappa shape index (κ1) is 22.4. The zero-order chi connectivity index (χ0) is 22.2. The molecule has 166 valence electrons. The third-order valence-electron chi connectivity index (χ3n) is 5.26. The number of nitrogens with zero attached hydrogens (tertiary/aromatic N) is 2. The summed E-state index contributed by atoms with van der Waals surface area (Å²) in [5, 5.41) is 9.89. The van der Waals surface area contributed by atoms with Crippen LogP contribution < -0.4 is 5.32 Å². The van der Waals surface area contributed by atoms with Crippen molar-refractivity contribution in [3.05, 3.63) is 53.6 Å². The molecule has 10 nitrogen and oxygen atoms in total. The van der Waals surface area contributed by atoms with Crippen molar-refractivity contribution in [1.82, 2.24) is 20.2 Å². The highest BCUT2D eigenvalue weighted by Crippen LogP contribution is 2.30. The molecule has 0 aliphatic carbocycles. The molecule has 3 heterocycles. The summed E-state index contributed by atoms with van der Waals surface area (Å²) in [6.07, 6.45) is 2.19. The van der Waals surface area contributed by atoms with Crippen molar-refractivity contribution in [2.24, 2.45) is 0 Å². The lowest BCUT2D eigenvalue weighted by Gasteiger charge is -2.35. The van der Waals surface area contributed by atoms with Crippen molar-refractivity contribution in [3.8, 4) is 0 Å². The van der Waals surface area contributed by atoms with Crippen LogP contribution >= 0.6 is 0 Å². The Labute approximate surface area is 179 Å². The normalized spacial score (nSPS) is 22.5. The third-order valence-corrected chi connectivity index (χ3v) is 5.26. The summed E-state index contributed by atoms with van der Waals surface area (Å²) < 4.78 is 11.0.